The van der Waals surface area contributed by atoms with E-state index in [1.54, 1.807) is 6.92 Å². The number of hydrogen-bond acceptors (Lipinski definition) is 4. The normalized spacial score (nSPS) is 10.7. The van der Waals surface area contributed by atoms with Gasteiger partial charge in [0.05, 0.1) is 12.7 Å². The van der Waals surface area contributed by atoms with E-state index in [1.807, 2.05) is 13.8 Å². The van der Waals surface area contributed by atoms with Gasteiger partial charge in [0.15, 0.2) is 0 Å². The average Bonchev–Trinajstić information content (AvgIpc) is 2.35. The molecule has 0 unspecified atom stereocenters. The van der Waals surface area contributed by atoms with E-state index in [4.69, 9.17) is 14.2 Å². The highest BCUT2D eigenvalue weighted by atomic mass is 16.5. The van der Waals surface area contributed by atoms with Gasteiger partial charge in [0, 0.05) is 25.4 Å². The number of rotatable bonds is 12. The first kappa shape index (κ1) is 18.1. The number of carbonyl (C=O) groups excluding carboxylic acids is 1. The Kier molecular flexibility index (Phi) is 11.6. The van der Waals surface area contributed by atoms with Gasteiger partial charge in [-0.1, -0.05) is 6.58 Å². The second-order valence-electron chi connectivity index (χ2n) is 4.86. The van der Waals surface area contributed by atoms with Crippen LogP contribution in [0.3, 0.4) is 0 Å². The summed E-state index contributed by atoms with van der Waals surface area (Å²) in [6.45, 7) is 12.0. The lowest BCUT2D eigenvalue weighted by atomic mass is 10.3. The van der Waals surface area contributed by atoms with E-state index in [9.17, 15) is 4.79 Å². The molecule has 0 aliphatic heterocycles. The molecule has 0 bridgehead atoms. The molecular formula is C15H28O4. The Labute approximate surface area is 117 Å². The van der Waals surface area contributed by atoms with Crippen LogP contribution in [0.5, 0.6) is 0 Å². The zero-order valence-corrected chi connectivity index (χ0v) is 12.6. The van der Waals surface area contributed by atoms with Gasteiger partial charge >= 0.3 is 5.97 Å². The van der Waals surface area contributed by atoms with E-state index < -0.39 is 0 Å². The third-order valence-corrected chi connectivity index (χ3v) is 2.40. The predicted molar refractivity (Wildman–Crippen MR) is 76.1 cm³/mol. The Morgan fingerprint density at radius 1 is 1.00 bits per heavy atom. The lowest BCUT2D eigenvalue weighted by molar-refractivity contribution is -0.139. The molecule has 19 heavy (non-hydrogen) atoms. The second-order valence-corrected chi connectivity index (χ2v) is 4.86. The Bertz CT molecular complexity index is 249. The van der Waals surface area contributed by atoms with E-state index in [1.165, 1.54) is 0 Å². The van der Waals surface area contributed by atoms with E-state index >= 15 is 0 Å². The van der Waals surface area contributed by atoms with Crippen LogP contribution in [0.25, 0.3) is 0 Å². The fourth-order valence-corrected chi connectivity index (χ4v) is 1.32. The molecule has 0 amide bonds. The molecule has 0 rings (SSSR count). The molecule has 0 radical (unpaired) electrons. The molecule has 0 aliphatic carbocycles. The molecule has 0 saturated heterocycles. The summed E-state index contributed by atoms with van der Waals surface area (Å²) in [7, 11) is 0. The summed E-state index contributed by atoms with van der Waals surface area (Å²) in [5.41, 5.74) is 0.444. The molecule has 0 aromatic carbocycles. The second kappa shape index (κ2) is 12.2. The van der Waals surface area contributed by atoms with Crippen molar-refractivity contribution in [3.63, 3.8) is 0 Å². The van der Waals surface area contributed by atoms with Crippen molar-refractivity contribution in [2.45, 2.75) is 52.6 Å². The van der Waals surface area contributed by atoms with Gasteiger partial charge in [-0.2, -0.15) is 0 Å². The first-order valence-corrected chi connectivity index (χ1v) is 7.06. The third kappa shape index (κ3) is 13.4. The number of carbonyl (C=O) groups is 1. The first-order chi connectivity index (χ1) is 9.04. The van der Waals surface area contributed by atoms with Gasteiger partial charge in [0.1, 0.15) is 0 Å². The van der Waals surface area contributed by atoms with Crippen molar-refractivity contribution in [3.05, 3.63) is 12.2 Å². The van der Waals surface area contributed by atoms with Crippen molar-refractivity contribution >= 4 is 5.97 Å². The van der Waals surface area contributed by atoms with Crippen LogP contribution in [0, 0.1) is 0 Å². The Balaban J connectivity index is 3.11. The predicted octanol–water partition coefficient (Wildman–Crippen LogP) is 3.11. The van der Waals surface area contributed by atoms with Gasteiger partial charge in [-0.15, -0.1) is 0 Å². The monoisotopic (exact) mass is 272 g/mol. The summed E-state index contributed by atoms with van der Waals surface area (Å²) in [6.07, 6.45) is 4.11. The fourth-order valence-electron chi connectivity index (χ4n) is 1.32. The maximum Gasteiger partial charge on any atom is 0.333 e. The van der Waals surface area contributed by atoms with Crippen molar-refractivity contribution < 1.29 is 19.0 Å². The average molecular weight is 272 g/mol. The van der Waals surface area contributed by atoms with Crippen LogP contribution < -0.4 is 0 Å². The van der Waals surface area contributed by atoms with Crippen LogP contribution in [0.1, 0.15) is 46.5 Å². The molecule has 0 N–H and O–H groups in total. The van der Waals surface area contributed by atoms with Gasteiger partial charge in [-0.05, 0) is 46.5 Å². The van der Waals surface area contributed by atoms with Crippen LogP contribution in [0.2, 0.25) is 0 Å². The van der Waals surface area contributed by atoms with Crippen molar-refractivity contribution in [2.75, 3.05) is 26.4 Å². The Morgan fingerprint density at radius 3 is 2.05 bits per heavy atom. The van der Waals surface area contributed by atoms with Gasteiger partial charge in [-0.25, -0.2) is 4.79 Å². The standard InChI is InChI=1S/C15H28O4/c1-13(2)15(16)19-12-8-6-10-17-9-5-7-11-18-14(3)4/h14H,1,5-12H2,2-4H3. The summed E-state index contributed by atoms with van der Waals surface area (Å²) < 4.78 is 15.9. The molecule has 0 heterocycles. The van der Waals surface area contributed by atoms with Gasteiger partial charge in [0.25, 0.3) is 0 Å². The molecule has 4 heteroatoms. The first-order valence-electron chi connectivity index (χ1n) is 7.06. The van der Waals surface area contributed by atoms with Crippen molar-refractivity contribution in [1.29, 1.82) is 0 Å². The zero-order chi connectivity index (χ0) is 14.5. The molecule has 0 fully saturated rings. The van der Waals surface area contributed by atoms with E-state index in [-0.39, 0.29) is 5.97 Å². The Hall–Kier alpha value is -0.870. The lowest BCUT2D eigenvalue weighted by Gasteiger charge is -2.07. The lowest BCUT2D eigenvalue weighted by Crippen LogP contribution is -2.07. The summed E-state index contributed by atoms with van der Waals surface area (Å²) in [4.78, 5) is 11.1. The summed E-state index contributed by atoms with van der Waals surface area (Å²) in [5, 5.41) is 0. The maximum atomic E-state index is 11.1. The highest BCUT2D eigenvalue weighted by molar-refractivity contribution is 5.86. The van der Waals surface area contributed by atoms with Crippen molar-refractivity contribution in [2.24, 2.45) is 0 Å². The van der Waals surface area contributed by atoms with Crippen LogP contribution in [0.15, 0.2) is 12.2 Å². The SMILES string of the molecule is C=C(C)C(=O)OCCCCOCCCCOC(C)C. The minimum Gasteiger partial charge on any atom is -0.462 e. The molecule has 112 valence electrons. The smallest absolute Gasteiger partial charge is 0.333 e. The zero-order valence-electron chi connectivity index (χ0n) is 12.6. The summed E-state index contributed by atoms with van der Waals surface area (Å²) >= 11 is 0. The Morgan fingerprint density at radius 2 is 1.53 bits per heavy atom. The largest absolute Gasteiger partial charge is 0.462 e. The minimum absolute atomic E-state index is 0.308. The molecule has 0 saturated carbocycles. The number of unbranched alkanes of at least 4 members (excludes halogenated alkanes) is 2. The summed E-state index contributed by atoms with van der Waals surface area (Å²) in [5.74, 6) is -0.314. The maximum absolute atomic E-state index is 11.1. The van der Waals surface area contributed by atoms with Crippen molar-refractivity contribution in [1.82, 2.24) is 0 Å². The summed E-state index contributed by atoms with van der Waals surface area (Å²) in [6, 6.07) is 0. The molecule has 0 aromatic heterocycles. The van der Waals surface area contributed by atoms with Crippen LogP contribution in [-0.2, 0) is 19.0 Å². The van der Waals surface area contributed by atoms with Crippen molar-refractivity contribution in [3.8, 4) is 0 Å². The van der Waals surface area contributed by atoms with E-state index in [0.29, 0.717) is 18.3 Å². The van der Waals surface area contributed by atoms with Crippen LogP contribution in [-0.4, -0.2) is 38.5 Å². The quantitative estimate of drug-likeness (QED) is 0.311. The fraction of sp³-hybridized carbons (Fsp3) is 0.800. The van der Waals surface area contributed by atoms with Gasteiger partial charge < -0.3 is 14.2 Å². The van der Waals surface area contributed by atoms with E-state index in [0.717, 1.165) is 45.5 Å². The van der Waals surface area contributed by atoms with Crippen LogP contribution in [0.4, 0.5) is 0 Å². The number of esters is 1. The molecule has 0 aliphatic rings. The topological polar surface area (TPSA) is 44.8 Å². The van der Waals surface area contributed by atoms with Crippen LogP contribution >= 0.6 is 0 Å². The molecule has 0 spiro atoms. The molecule has 0 aromatic rings. The minimum atomic E-state index is -0.314. The number of ether oxygens (including phenoxy) is 3. The highest BCUT2D eigenvalue weighted by Crippen LogP contribution is 1.98. The van der Waals surface area contributed by atoms with Gasteiger partial charge in [-0.3, -0.25) is 0 Å². The van der Waals surface area contributed by atoms with Gasteiger partial charge in [0.2, 0.25) is 0 Å². The van der Waals surface area contributed by atoms with E-state index in [2.05, 4.69) is 6.58 Å². The number of hydrogen-bond donors (Lipinski definition) is 0. The molecule has 0 atom stereocenters. The highest BCUT2D eigenvalue weighted by Gasteiger charge is 2.01. The molecular weight excluding hydrogens is 244 g/mol. The molecule has 4 nitrogen and oxygen atoms in total. The third-order valence-electron chi connectivity index (χ3n) is 2.40.